The molecule has 3 aromatic carbocycles. The van der Waals surface area contributed by atoms with Crippen LogP contribution in [0, 0.1) is 0 Å². The zero-order valence-corrected chi connectivity index (χ0v) is 15.3. The molecule has 0 amide bonds. The summed E-state index contributed by atoms with van der Waals surface area (Å²) in [5.41, 5.74) is 4.11. The molecule has 3 N–H and O–H groups in total. The van der Waals surface area contributed by atoms with E-state index in [0.717, 1.165) is 16.5 Å². The molecule has 0 radical (unpaired) electrons. The molecule has 1 atom stereocenters. The van der Waals surface area contributed by atoms with Gasteiger partial charge in [0.1, 0.15) is 6.04 Å². The maximum atomic E-state index is 13.5. The molecule has 0 saturated carbocycles. The van der Waals surface area contributed by atoms with Gasteiger partial charge in [-0.05, 0) is 23.8 Å². The molecule has 5 rings (SSSR count). The Bertz CT molecular complexity index is 1380. The Morgan fingerprint density at radius 2 is 1.72 bits per heavy atom. The Labute approximate surface area is 165 Å². The maximum Gasteiger partial charge on any atom is 0.417 e. The van der Waals surface area contributed by atoms with Gasteiger partial charge in [0.2, 0.25) is 0 Å². The predicted octanol–water partition coefficient (Wildman–Crippen LogP) is 4.64. The maximum absolute atomic E-state index is 13.5. The Morgan fingerprint density at radius 1 is 0.931 bits per heavy atom. The Morgan fingerprint density at radius 3 is 2.59 bits per heavy atom. The minimum Gasteiger partial charge on any atom is -0.408 e. The van der Waals surface area contributed by atoms with Gasteiger partial charge in [-0.2, -0.15) is 0 Å². The van der Waals surface area contributed by atoms with Gasteiger partial charge < -0.3 is 14.7 Å². The van der Waals surface area contributed by atoms with Gasteiger partial charge in [-0.1, -0.05) is 48.5 Å². The highest BCUT2D eigenvalue weighted by Gasteiger charge is 2.24. The first kappa shape index (κ1) is 17.1. The fraction of sp³-hybridized carbons (Fsp3) is 0.0435. The highest BCUT2D eigenvalue weighted by atomic mass is 16.4. The van der Waals surface area contributed by atoms with E-state index in [1.54, 1.807) is 18.3 Å². The number of aromatic amines is 2. The summed E-state index contributed by atoms with van der Waals surface area (Å²) in [5.74, 6) is -0.559. The second-order valence-electron chi connectivity index (χ2n) is 6.83. The number of carbonyl (C=O) groups excluding carboxylic acids is 1. The van der Waals surface area contributed by atoms with Crippen LogP contribution in [-0.4, -0.2) is 15.8 Å². The number of carbonyl (C=O) groups is 1. The number of anilines is 1. The normalized spacial score (nSPS) is 12.3. The van der Waals surface area contributed by atoms with Gasteiger partial charge in [0, 0.05) is 34.4 Å². The summed E-state index contributed by atoms with van der Waals surface area (Å²) in [6.45, 7) is 0. The van der Waals surface area contributed by atoms with Crippen LogP contribution in [0.2, 0.25) is 0 Å². The molecule has 6 heteroatoms. The molecule has 0 aliphatic carbocycles. The summed E-state index contributed by atoms with van der Waals surface area (Å²) in [4.78, 5) is 30.7. The van der Waals surface area contributed by atoms with Crippen molar-refractivity contribution in [3.05, 3.63) is 101 Å². The number of para-hydroxylation sites is 1. The summed E-state index contributed by atoms with van der Waals surface area (Å²) < 4.78 is 5.15. The molecule has 29 heavy (non-hydrogen) atoms. The van der Waals surface area contributed by atoms with Gasteiger partial charge in [0.25, 0.3) is 0 Å². The van der Waals surface area contributed by atoms with Crippen molar-refractivity contribution in [2.45, 2.75) is 6.04 Å². The lowest BCUT2D eigenvalue weighted by molar-refractivity contribution is 0.0971. The standard InChI is InChI=1S/C23H17N3O3/c27-22(17-13-24-18-9-5-4-8-16(17)18)21(14-6-2-1-3-7-14)25-15-10-11-19-20(12-15)29-23(28)26-19/h1-13,21,24-25H,(H,26,28). The summed E-state index contributed by atoms with van der Waals surface area (Å²) in [6, 6.07) is 22.0. The fourth-order valence-electron chi connectivity index (χ4n) is 3.58. The number of aromatic nitrogens is 2. The van der Waals surface area contributed by atoms with E-state index < -0.39 is 11.8 Å². The number of hydrogen-bond donors (Lipinski definition) is 3. The smallest absolute Gasteiger partial charge is 0.408 e. The molecule has 0 spiro atoms. The Kier molecular flexibility index (Phi) is 4.02. The average Bonchev–Trinajstić information content (AvgIpc) is 3.34. The molecule has 0 fully saturated rings. The van der Waals surface area contributed by atoms with Crippen LogP contribution < -0.4 is 11.1 Å². The molecule has 2 aromatic heterocycles. The van der Waals surface area contributed by atoms with Crippen LogP contribution in [0.25, 0.3) is 22.0 Å². The van der Waals surface area contributed by atoms with Crippen molar-refractivity contribution in [3.8, 4) is 0 Å². The third kappa shape index (κ3) is 3.10. The molecule has 0 aliphatic heterocycles. The number of nitrogens with one attached hydrogen (secondary N) is 3. The number of oxazole rings is 1. The van der Waals surface area contributed by atoms with Crippen molar-refractivity contribution in [1.29, 1.82) is 0 Å². The zero-order valence-electron chi connectivity index (χ0n) is 15.3. The van der Waals surface area contributed by atoms with Crippen LogP contribution >= 0.6 is 0 Å². The van der Waals surface area contributed by atoms with Crippen LogP contribution in [0.3, 0.4) is 0 Å². The predicted molar refractivity (Wildman–Crippen MR) is 112 cm³/mol. The van der Waals surface area contributed by atoms with Crippen LogP contribution in [-0.2, 0) is 0 Å². The molecule has 5 aromatic rings. The number of rotatable bonds is 5. The van der Waals surface area contributed by atoms with Gasteiger partial charge >= 0.3 is 5.76 Å². The van der Waals surface area contributed by atoms with E-state index in [9.17, 15) is 9.59 Å². The fourth-order valence-corrected chi connectivity index (χ4v) is 3.58. The van der Waals surface area contributed by atoms with Gasteiger partial charge in [-0.3, -0.25) is 9.78 Å². The number of hydrogen-bond acceptors (Lipinski definition) is 4. The second kappa shape index (κ2) is 6.83. The Balaban J connectivity index is 1.57. The summed E-state index contributed by atoms with van der Waals surface area (Å²) in [7, 11) is 0. The first-order valence-corrected chi connectivity index (χ1v) is 9.24. The molecule has 0 bridgehead atoms. The van der Waals surface area contributed by atoms with Crippen molar-refractivity contribution in [1.82, 2.24) is 9.97 Å². The van der Waals surface area contributed by atoms with E-state index in [0.29, 0.717) is 22.4 Å². The van der Waals surface area contributed by atoms with E-state index in [1.165, 1.54) is 0 Å². The minimum absolute atomic E-state index is 0.0516. The van der Waals surface area contributed by atoms with Crippen molar-refractivity contribution in [3.63, 3.8) is 0 Å². The van der Waals surface area contributed by atoms with Crippen LogP contribution in [0.5, 0.6) is 0 Å². The quantitative estimate of drug-likeness (QED) is 0.386. The van der Waals surface area contributed by atoms with E-state index >= 15 is 0 Å². The Hall–Kier alpha value is -4.06. The molecular weight excluding hydrogens is 366 g/mol. The number of ketones is 1. The SMILES string of the molecule is O=C(c1c[nH]c2ccccc12)C(Nc1ccc2[nH]c(=O)oc2c1)c1ccccc1. The van der Waals surface area contributed by atoms with E-state index in [1.807, 2.05) is 60.7 Å². The van der Waals surface area contributed by atoms with Crippen LogP contribution in [0.15, 0.2) is 88.2 Å². The summed E-state index contributed by atoms with van der Waals surface area (Å²) in [6.07, 6.45) is 1.75. The zero-order chi connectivity index (χ0) is 19.8. The molecule has 0 saturated heterocycles. The third-order valence-electron chi connectivity index (χ3n) is 4.98. The molecule has 142 valence electrons. The number of fused-ring (bicyclic) bond motifs is 2. The highest BCUT2D eigenvalue weighted by Crippen LogP contribution is 2.28. The van der Waals surface area contributed by atoms with Crippen molar-refractivity contribution in [2.75, 3.05) is 5.32 Å². The molecule has 1 unspecified atom stereocenters. The van der Waals surface area contributed by atoms with Crippen molar-refractivity contribution in [2.24, 2.45) is 0 Å². The lowest BCUT2D eigenvalue weighted by Gasteiger charge is -2.19. The van der Waals surface area contributed by atoms with Crippen LogP contribution in [0.4, 0.5) is 5.69 Å². The highest BCUT2D eigenvalue weighted by molar-refractivity contribution is 6.11. The van der Waals surface area contributed by atoms with E-state index in [4.69, 9.17) is 4.42 Å². The lowest BCUT2D eigenvalue weighted by Crippen LogP contribution is -2.21. The topological polar surface area (TPSA) is 90.9 Å². The van der Waals surface area contributed by atoms with Crippen molar-refractivity contribution < 1.29 is 9.21 Å². The second-order valence-corrected chi connectivity index (χ2v) is 6.83. The third-order valence-corrected chi connectivity index (χ3v) is 4.98. The molecule has 6 nitrogen and oxygen atoms in total. The van der Waals surface area contributed by atoms with Gasteiger partial charge in [0.05, 0.1) is 5.52 Å². The first-order valence-electron chi connectivity index (χ1n) is 9.24. The van der Waals surface area contributed by atoms with E-state index in [-0.39, 0.29) is 5.78 Å². The number of benzene rings is 3. The molecule has 0 aliphatic rings. The van der Waals surface area contributed by atoms with Gasteiger partial charge in [-0.25, -0.2) is 4.79 Å². The van der Waals surface area contributed by atoms with Gasteiger partial charge in [-0.15, -0.1) is 0 Å². The minimum atomic E-state index is -0.599. The number of H-pyrrole nitrogens is 2. The largest absolute Gasteiger partial charge is 0.417 e. The number of Topliss-reactive ketones (excluding diaryl/α,β-unsaturated/α-hetero) is 1. The average molecular weight is 383 g/mol. The summed E-state index contributed by atoms with van der Waals surface area (Å²) in [5, 5.41) is 4.19. The van der Waals surface area contributed by atoms with Gasteiger partial charge in [0.15, 0.2) is 11.4 Å². The summed E-state index contributed by atoms with van der Waals surface area (Å²) >= 11 is 0. The lowest BCUT2D eigenvalue weighted by atomic mass is 9.96. The van der Waals surface area contributed by atoms with Crippen LogP contribution in [0.1, 0.15) is 22.0 Å². The van der Waals surface area contributed by atoms with E-state index in [2.05, 4.69) is 15.3 Å². The first-order chi connectivity index (χ1) is 14.2. The monoisotopic (exact) mass is 383 g/mol. The molecule has 2 heterocycles. The molecular formula is C23H17N3O3. The van der Waals surface area contributed by atoms with Crippen molar-refractivity contribution >= 4 is 33.5 Å².